The highest BCUT2D eigenvalue weighted by atomic mass is 16.5. The van der Waals surface area contributed by atoms with Crippen LogP contribution in [0.5, 0.6) is 11.5 Å². The maximum absolute atomic E-state index is 9.88. The Kier molecular flexibility index (Phi) is 6.08. The van der Waals surface area contributed by atoms with Crippen molar-refractivity contribution in [3.05, 3.63) is 36.6 Å². The SMILES string of the molecule is C=COCCCNC(C)c1ccc(OC)cc1O. The molecule has 0 aliphatic carbocycles. The lowest BCUT2D eigenvalue weighted by molar-refractivity contribution is 0.243. The van der Waals surface area contributed by atoms with Crippen LogP contribution in [0.2, 0.25) is 0 Å². The third-order valence-corrected chi connectivity index (χ3v) is 2.71. The molecule has 0 bridgehead atoms. The summed E-state index contributed by atoms with van der Waals surface area (Å²) in [6, 6.07) is 5.41. The number of ether oxygens (including phenoxy) is 2. The maximum Gasteiger partial charge on any atom is 0.124 e. The first-order chi connectivity index (χ1) is 8.69. The summed E-state index contributed by atoms with van der Waals surface area (Å²) in [5, 5.41) is 13.2. The molecule has 0 aromatic heterocycles. The molecule has 0 spiro atoms. The van der Waals surface area contributed by atoms with Crippen molar-refractivity contribution in [2.75, 3.05) is 20.3 Å². The van der Waals surface area contributed by atoms with Gasteiger partial charge in [0.1, 0.15) is 11.5 Å². The van der Waals surface area contributed by atoms with Gasteiger partial charge in [-0.3, -0.25) is 0 Å². The van der Waals surface area contributed by atoms with E-state index in [1.807, 2.05) is 19.1 Å². The number of methoxy groups -OCH3 is 1. The smallest absolute Gasteiger partial charge is 0.124 e. The Morgan fingerprint density at radius 2 is 2.28 bits per heavy atom. The van der Waals surface area contributed by atoms with Gasteiger partial charge in [0.2, 0.25) is 0 Å². The van der Waals surface area contributed by atoms with Gasteiger partial charge in [-0.2, -0.15) is 0 Å². The number of phenols is 1. The number of rotatable bonds is 8. The predicted molar refractivity (Wildman–Crippen MR) is 71.8 cm³/mol. The molecule has 0 aliphatic heterocycles. The van der Waals surface area contributed by atoms with E-state index >= 15 is 0 Å². The van der Waals surface area contributed by atoms with Gasteiger partial charge in [-0.05, 0) is 26.0 Å². The van der Waals surface area contributed by atoms with Crippen LogP contribution in [0.4, 0.5) is 0 Å². The molecule has 0 saturated carbocycles. The Hall–Kier alpha value is -1.68. The summed E-state index contributed by atoms with van der Waals surface area (Å²) < 4.78 is 10.1. The number of phenolic OH excluding ortho intramolecular Hbond substituents is 1. The van der Waals surface area contributed by atoms with Gasteiger partial charge < -0.3 is 19.9 Å². The van der Waals surface area contributed by atoms with Gasteiger partial charge in [0, 0.05) is 17.7 Å². The molecule has 0 aliphatic rings. The molecule has 2 N–H and O–H groups in total. The lowest BCUT2D eigenvalue weighted by Crippen LogP contribution is -2.20. The van der Waals surface area contributed by atoms with Crippen LogP contribution in [0.25, 0.3) is 0 Å². The van der Waals surface area contributed by atoms with E-state index in [2.05, 4.69) is 11.9 Å². The highest BCUT2D eigenvalue weighted by Crippen LogP contribution is 2.28. The van der Waals surface area contributed by atoms with Crippen molar-refractivity contribution in [1.82, 2.24) is 5.32 Å². The molecule has 1 rings (SSSR count). The Balaban J connectivity index is 2.45. The molecule has 1 unspecified atom stereocenters. The van der Waals surface area contributed by atoms with E-state index in [1.54, 1.807) is 13.2 Å². The molecule has 18 heavy (non-hydrogen) atoms. The van der Waals surface area contributed by atoms with E-state index in [0.717, 1.165) is 18.5 Å². The first-order valence-electron chi connectivity index (χ1n) is 6.01. The molecular formula is C14H21NO3. The number of aromatic hydroxyl groups is 1. The van der Waals surface area contributed by atoms with Gasteiger partial charge in [0.15, 0.2) is 0 Å². The van der Waals surface area contributed by atoms with Gasteiger partial charge >= 0.3 is 0 Å². The number of nitrogens with one attached hydrogen (secondary N) is 1. The largest absolute Gasteiger partial charge is 0.507 e. The van der Waals surface area contributed by atoms with Crippen molar-refractivity contribution in [2.24, 2.45) is 0 Å². The van der Waals surface area contributed by atoms with E-state index in [9.17, 15) is 5.11 Å². The maximum atomic E-state index is 9.88. The minimum absolute atomic E-state index is 0.0830. The zero-order valence-electron chi connectivity index (χ0n) is 11.0. The molecule has 4 heteroatoms. The van der Waals surface area contributed by atoms with E-state index in [-0.39, 0.29) is 11.8 Å². The molecule has 1 aromatic rings. The average Bonchev–Trinajstić information content (AvgIpc) is 2.38. The summed E-state index contributed by atoms with van der Waals surface area (Å²) in [6.07, 6.45) is 2.34. The molecular weight excluding hydrogens is 230 g/mol. The van der Waals surface area contributed by atoms with Crippen LogP contribution in [0.1, 0.15) is 24.9 Å². The fourth-order valence-electron chi connectivity index (χ4n) is 1.68. The highest BCUT2D eigenvalue weighted by molar-refractivity contribution is 5.41. The van der Waals surface area contributed by atoms with Crippen molar-refractivity contribution < 1.29 is 14.6 Å². The third-order valence-electron chi connectivity index (χ3n) is 2.71. The fourth-order valence-corrected chi connectivity index (χ4v) is 1.68. The second kappa shape index (κ2) is 7.61. The molecule has 0 amide bonds. The highest BCUT2D eigenvalue weighted by Gasteiger charge is 2.10. The molecule has 4 nitrogen and oxygen atoms in total. The number of hydrogen-bond donors (Lipinski definition) is 2. The van der Waals surface area contributed by atoms with Crippen LogP contribution in [0.15, 0.2) is 31.0 Å². The summed E-state index contributed by atoms with van der Waals surface area (Å²) in [6.45, 7) is 6.96. The molecule has 0 saturated heterocycles. The van der Waals surface area contributed by atoms with Gasteiger partial charge in [-0.1, -0.05) is 12.6 Å². The first-order valence-corrected chi connectivity index (χ1v) is 6.01. The summed E-state index contributed by atoms with van der Waals surface area (Å²) >= 11 is 0. The van der Waals surface area contributed by atoms with Crippen LogP contribution < -0.4 is 10.1 Å². The Morgan fingerprint density at radius 3 is 2.89 bits per heavy atom. The number of hydrogen-bond acceptors (Lipinski definition) is 4. The molecule has 0 fully saturated rings. The predicted octanol–water partition coefficient (Wildman–Crippen LogP) is 2.60. The Labute approximate surface area is 108 Å². The van der Waals surface area contributed by atoms with Gasteiger partial charge in [-0.15, -0.1) is 0 Å². The van der Waals surface area contributed by atoms with E-state index in [1.165, 1.54) is 6.26 Å². The summed E-state index contributed by atoms with van der Waals surface area (Å²) in [5.41, 5.74) is 0.862. The second-order valence-corrected chi connectivity index (χ2v) is 3.99. The van der Waals surface area contributed by atoms with Gasteiger partial charge in [0.05, 0.1) is 20.0 Å². The zero-order chi connectivity index (χ0) is 13.4. The average molecular weight is 251 g/mol. The summed E-state index contributed by atoms with van der Waals surface area (Å²) in [4.78, 5) is 0. The third kappa shape index (κ3) is 4.30. The van der Waals surface area contributed by atoms with Crippen molar-refractivity contribution in [3.63, 3.8) is 0 Å². The molecule has 1 atom stereocenters. The van der Waals surface area contributed by atoms with Crippen molar-refractivity contribution in [2.45, 2.75) is 19.4 Å². The second-order valence-electron chi connectivity index (χ2n) is 3.99. The van der Waals surface area contributed by atoms with Crippen molar-refractivity contribution in [1.29, 1.82) is 0 Å². The molecule has 1 aromatic carbocycles. The monoisotopic (exact) mass is 251 g/mol. The lowest BCUT2D eigenvalue weighted by Gasteiger charge is -2.16. The van der Waals surface area contributed by atoms with Crippen molar-refractivity contribution >= 4 is 0 Å². The van der Waals surface area contributed by atoms with Crippen LogP contribution in [0.3, 0.4) is 0 Å². The quantitative estimate of drug-likeness (QED) is 0.551. The zero-order valence-corrected chi connectivity index (χ0v) is 11.0. The van der Waals surface area contributed by atoms with Crippen LogP contribution >= 0.6 is 0 Å². The molecule has 100 valence electrons. The van der Waals surface area contributed by atoms with Gasteiger partial charge in [-0.25, -0.2) is 0 Å². The Bertz CT molecular complexity index is 379. The van der Waals surface area contributed by atoms with Crippen molar-refractivity contribution in [3.8, 4) is 11.5 Å². The minimum Gasteiger partial charge on any atom is -0.507 e. The van der Waals surface area contributed by atoms with Gasteiger partial charge in [0.25, 0.3) is 0 Å². The molecule has 0 radical (unpaired) electrons. The van der Waals surface area contributed by atoms with E-state index in [0.29, 0.717) is 12.4 Å². The standard InChI is InChI=1S/C14H21NO3/c1-4-18-9-5-8-15-11(2)13-7-6-12(17-3)10-14(13)16/h4,6-7,10-11,15-16H,1,5,8-9H2,2-3H3. The first kappa shape index (κ1) is 14.4. The lowest BCUT2D eigenvalue weighted by atomic mass is 10.1. The van der Waals surface area contributed by atoms with Crippen LogP contribution in [-0.2, 0) is 4.74 Å². The van der Waals surface area contributed by atoms with E-state index < -0.39 is 0 Å². The van der Waals surface area contributed by atoms with Crippen LogP contribution in [0, 0.1) is 0 Å². The summed E-state index contributed by atoms with van der Waals surface area (Å²) in [7, 11) is 1.58. The topological polar surface area (TPSA) is 50.7 Å². The molecule has 0 heterocycles. The Morgan fingerprint density at radius 1 is 1.50 bits per heavy atom. The summed E-state index contributed by atoms with van der Waals surface area (Å²) in [5.74, 6) is 0.902. The normalized spacial score (nSPS) is 11.9. The van der Waals surface area contributed by atoms with E-state index in [4.69, 9.17) is 9.47 Å². The fraction of sp³-hybridized carbons (Fsp3) is 0.429. The number of benzene rings is 1. The minimum atomic E-state index is 0.0830. The van der Waals surface area contributed by atoms with Crippen LogP contribution in [-0.4, -0.2) is 25.4 Å².